The number of amides is 2. The maximum atomic E-state index is 13.1. The van der Waals surface area contributed by atoms with Crippen LogP contribution in [0.5, 0.6) is 0 Å². The van der Waals surface area contributed by atoms with Gasteiger partial charge in [-0.15, -0.1) is 0 Å². The highest BCUT2D eigenvalue weighted by Crippen LogP contribution is 2.19. The molecular weight excluding hydrogens is 409 g/mol. The van der Waals surface area contributed by atoms with Crippen LogP contribution in [0.4, 0.5) is 15.8 Å². The minimum absolute atomic E-state index is 0.00152. The Balaban J connectivity index is 1.40. The van der Waals surface area contributed by atoms with Gasteiger partial charge in [0.25, 0.3) is 0 Å². The van der Waals surface area contributed by atoms with Gasteiger partial charge in [-0.1, -0.05) is 11.6 Å². The molecule has 2 aromatic carbocycles. The average molecular weight is 430 g/mol. The molecule has 2 aliphatic rings. The molecule has 2 aromatic rings. The Morgan fingerprint density at radius 3 is 2.33 bits per heavy atom. The van der Waals surface area contributed by atoms with Crippen molar-refractivity contribution in [3.05, 3.63) is 59.4 Å². The van der Waals surface area contributed by atoms with Crippen LogP contribution < -0.4 is 15.5 Å². The smallest absolute Gasteiger partial charge is 0.249 e. The topological polar surface area (TPSA) is 77.0 Å². The van der Waals surface area contributed by atoms with E-state index in [9.17, 15) is 14.0 Å². The lowest BCUT2D eigenvalue weighted by atomic mass is 10.1. The van der Waals surface area contributed by atoms with Crippen molar-refractivity contribution in [3.63, 3.8) is 0 Å². The van der Waals surface area contributed by atoms with Crippen molar-refractivity contribution < 1.29 is 14.0 Å². The first-order valence-electron chi connectivity index (χ1n) is 9.67. The zero-order valence-corrected chi connectivity index (χ0v) is 16.9. The van der Waals surface area contributed by atoms with Crippen LogP contribution in [-0.4, -0.2) is 54.9 Å². The second kappa shape index (κ2) is 8.71. The molecule has 2 aliphatic heterocycles. The van der Waals surface area contributed by atoms with Gasteiger partial charge in [-0.3, -0.25) is 14.9 Å². The van der Waals surface area contributed by atoms with Crippen molar-refractivity contribution in [2.45, 2.75) is 12.5 Å². The highest BCUT2D eigenvalue weighted by Gasteiger charge is 2.30. The second-order valence-corrected chi connectivity index (χ2v) is 7.60. The monoisotopic (exact) mass is 429 g/mol. The van der Waals surface area contributed by atoms with Crippen LogP contribution in [0.2, 0.25) is 5.02 Å². The van der Waals surface area contributed by atoms with Crippen LogP contribution in [0.1, 0.15) is 6.42 Å². The third kappa shape index (κ3) is 4.71. The number of halogens is 2. The molecule has 7 nitrogen and oxygen atoms in total. The molecule has 0 spiro atoms. The van der Waals surface area contributed by atoms with Crippen molar-refractivity contribution in [3.8, 4) is 0 Å². The highest BCUT2D eigenvalue weighted by atomic mass is 35.5. The molecule has 0 saturated carbocycles. The zero-order chi connectivity index (χ0) is 21.1. The fourth-order valence-electron chi connectivity index (χ4n) is 3.48. The number of anilines is 2. The molecule has 1 atom stereocenters. The van der Waals surface area contributed by atoms with Crippen LogP contribution in [0.15, 0.2) is 53.5 Å². The number of nitrogens with one attached hydrogen (secondary N) is 2. The Bertz CT molecular complexity index is 956. The van der Waals surface area contributed by atoms with Gasteiger partial charge in [0.2, 0.25) is 17.8 Å². The summed E-state index contributed by atoms with van der Waals surface area (Å²) >= 11 is 5.86. The van der Waals surface area contributed by atoms with Crippen LogP contribution in [0.3, 0.4) is 0 Å². The maximum absolute atomic E-state index is 13.1. The molecule has 0 bridgehead atoms. The molecule has 2 N–H and O–H groups in total. The van der Waals surface area contributed by atoms with E-state index in [1.807, 2.05) is 4.90 Å². The Morgan fingerprint density at radius 2 is 1.67 bits per heavy atom. The lowest BCUT2D eigenvalue weighted by Crippen LogP contribution is -2.56. The van der Waals surface area contributed by atoms with Crippen molar-refractivity contribution >= 4 is 40.7 Å². The quantitative estimate of drug-likeness (QED) is 0.786. The van der Waals surface area contributed by atoms with Gasteiger partial charge in [0.05, 0.1) is 6.42 Å². The number of carbonyl (C=O) groups excluding carboxylic acids is 2. The average Bonchev–Trinajstić information content (AvgIpc) is 2.75. The van der Waals surface area contributed by atoms with Gasteiger partial charge in [0.15, 0.2) is 0 Å². The standard InChI is InChI=1S/C21H21ClFN5O2/c22-14-1-5-16(6-2-14)24-20(30)18-13-19(29)26-21(25-18)28-11-9-27(10-12-28)17-7-3-15(23)4-8-17/h1-8,18H,9-13H2,(H,24,30)(H,25,26,29)/t18-/m1/s1. The number of carbonyl (C=O) groups is 2. The van der Waals surface area contributed by atoms with E-state index in [1.54, 1.807) is 36.4 Å². The van der Waals surface area contributed by atoms with E-state index in [0.29, 0.717) is 42.8 Å². The van der Waals surface area contributed by atoms with Crippen LogP contribution >= 0.6 is 11.6 Å². The summed E-state index contributed by atoms with van der Waals surface area (Å²) in [5, 5.41) is 6.12. The summed E-state index contributed by atoms with van der Waals surface area (Å²) in [7, 11) is 0. The number of hydrogen-bond acceptors (Lipinski definition) is 5. The van der Waals surface area contributed by atoms with E-state index in [0.717, 1.165) is 5.69 Å². The van der Waals surface area contributed by atoms with Gasteiger partial charge >= 0.3 is 0 Å². The predicted molar refractivity (Wildman–Crippen MR) is 114 cm³/mol. The highest BCUT2D eigenvalue weighted by molar-refractivity contribution is 6.30. The molecule has 9 heteroatoms. The third-order valence-corrected chi connectivity index (χ3v) is 5.35. The first-order valence-corrected chi connectivity index (χ1v) is 10.1. The fourth-order valence-corrected chi connectivity index (χ4v) is 3.60. The van der Waals surface area contributed by atoms with E-state index < -0.39 is 6.04 Å². The molecule has 4 rings (SSSR count). The van der Waals surface area contributed by atoms with Gasteiger partial charge in [-0.05, 0) is 48.5 Å². The molecule has 1 fully saturated rings. The van der Waals surface area contributed by atoms with Crippen molar-refractivity contribution in [1.29, 1.82) is 0 Å². The van der Waals surface area contributed by atoms with E-state index in [-0.39, 0.29) is 24.1 Å². The Kier molecular flexibility index (Phi) is 5.85. The van der Waals surface area contributed by atoms with E-state index in [4.69, 9.17) is 11.6 Å². The number of guanidine groups is 1. The zero-order valence-electron chi connectivity index (χ0n) is 16.1. The molecule has 0 aliphatic carbocycles. The SMILES string of the molecule is O=C1C[C@H](C(=O)Nc2ccc(Cl)cc2)N=C(N2CCN(c3ccc(F)cc3)CC2)N1. The molecule has 0 unspecified atom stereocenters. The number of hydrogen-bond donors (Lipinski definition) is 2. The third-order valence-electron chi connectivity index (χ3n) is 5.09. The predicted octanol–water partition coefficient (Wildman–Crippen LogP) is 2.48. The van der Waals surface area contributed by atoms with Crippen molar-refractivity contribution in [2.75, 3.05) is 36.4 Å². The van der Waals surface area contributed by atoms with Crippen molar-refractivity contribution in [1.82, 2.24) is 10.2 Å². The number of piperazine rings is 1. The van der Waals surface area contributed by atoms with Crippen LogP contribution in [-0.2, 0) is 9.59 Å². The number of benzene rings is 2. The normalized spacial score (nSPS) is 19.2. The summed E-state index contributed by atoms with van der Waals surface area (Å²) in [6.45, 7) is 2.65. The minimum atomic E-state index is -0.792. The number of nitrogens with zero attached hydrogens (tertiary/aromatic N) is 3. The molecule has 2 amide bonds. The first kappa shape index (κ1) is 20.2. The van der Waals surface area contributed by atoms with Crippen molar-refractivity contribution in [2.24, 2.45) is 4.99 Å². The van der Waals surface area contributed by atoms with Gasteiger partial charge in [0.1, 0.15) is 11.9 Å². The van der Waals surface area contributed by atoms with Gasteiger partial charge in [-0.2, -0.15) is 0 Å². The molecule has 156 valence electrons. The summed E-state index contributed by atoms with van der Waals surface area (Å²) in [6, 6.07) is 12.3. The number of rotatable bonds is 3. The summed E-state index contributed by atoms with van der Waals surface area (Å²) in [6.07, 6.45) is -0.00152. The lowest BCUT2D eigenvalue weighted by Gasteiger charge is -2.38. The van der Waals surface area contributed by atoms with Gasteiger partial charge in [-0.25, -0.2) is 9.38 Å². The fraction of sp³-hybridized carbons (Fsp3) is 0.286. The number of aliphatic imine (C=N–C) groups is 1. The summed E-state index contributed by atoms with van der Waals surface area (Å²) in [5.41, 5.74) is 1.55. The minimum Gasteiger partial charge on any atom is -0.368 e. The molecule has 0 radical (unpaired) electrons. The molecule has 30 heavy (non-hydrogen) atoms. The first-order chi connectivity index (χ1) is 14.5. The van der Waals surface area contributed by atoms with Gasteiger partial charge in [0, 0.05) is 42.6 Å². The van der Waals surface area contributed by atoms with Crippen LogP contribution in [0, 0.1) is 5.82 Å². The lowest BCUT2D eigenvalue weighted by molar-refractivity contribution is -0.125. The molecule has 1 saturated heterocycles. The Hall–Kier alpha value is -3.13. The van der Waals surface area contributed by atoms with E-state index in [2.05, 4.69) is 20.5 Å². The largest absolute Gasteiger partial charge is 0.368 e. The molecule has 0 aromatic heterocycles. The Labute approximate surface area is 178 Å². The maximum Gasteiger partial charge on any atom is 0.249 e. The van der Waals surface area contributed by atoms with Gasteiger partial charge < -0.3 is 15.1 Å². The van der Waals surface area contributed by atoms with Crippen LogP contribution in [0.25, 0.3) is 0 Å². The van der Waals surface area contributed by atoms with E-state index >= 15 is 0 Å². The van der Waals surface area contributed by atoms with E-state index in [1.165, 1.54) is 12.1 Å². The summed E-state index contributed by atoms with van der Waals surface area (Å²) < 4.78 is 13.1. The molecule has 2 heterocycles. The summed E-state index contributed by atoms with van der Waals surface area (Å²) in [5.74, 6) is -0.423. The second-order valence-electron chi connectivity index (χ2n) is 7.17. The summed E-state index contributed by atoms with van der Waals surface area (Å²) in [4.78, 5) is 33.4. The molecular formula is C21H21ClFN5O2. The Morgan fingerprint density at radius 1 is 1.03 bits per heavy atom.